The van der Waals surface area contributed by atoms with Gasteiger partial charge in [-0.2, -0.15) is 0 Å². The average Bonchev–Trinajstić information content (AvgIpc) is 2.84. The van der Waals surface area contributed by atoms with Gasteiger partial charge in [-0.1, -0.05) is 26.0 Å². The van der Waals surface area contributed by atoms with Gasteiger partial charge in [0.2, 0.25) is 0 Å². The quantitative estimate of drug-likeness (QED) is 0.845. The third-order valence-corrected chi connectivity index (χ3v) is 3.98. The van der Waals surface area contributed by atoms with Gasteiger partial charge in [0.15, 0.2) is 0 Å². The van der Waals surface area contributed by atoms with E-state index in [1.165, 1.54) is 12.0 Å². The van der Waals surface area contributed by atoms with Crippen LogP contribution < -0.4 is 10.5 Å². The highest BCUT2D eigenvalue weighted by atomic mass is 16.5. The minimum absolute atomic E-state index is 0.192. The third kappa shape index (κ3) is 1.61. The van der Waals surface area contributed by atoms with Crippen LogP contribution in [0.2, 0.25) is 0 Å². The zero-order chi connectivity index (χ0) is 11.8. The summed E-state index contributed by atoms with van der Waals surface area (Å²) in [6.45, 7) is 8.02. The first-order valence-electron chi connectivity index (χ1n) is 5.99. The maximum atomic E-state index is 5.94. The van der Waals surface area contributed by atoms with Crippen molar-refractivity contribution in [3.8, 4) is 5.75 Å². The van der Waals surface area contributed by atoms with Crippen LogP contribution in [-0.2, 0) is 5.41 Å². The summed E-state index contributed by atoms with van der Waals surface area (Å²) in [5.41, 5.74) is 7.83. The molecule has 0 bridgehead atoms. The molecule has 0 aromatic heterocycles. The number of hydrogen-bond donors (Lipinski definition) is 1. The number of rotatable bonds is 4. The van der Waals surface area contributed by atoms with E-state index in [1.54, 1.807) is 0 Å². The van der Waals surface area contributed by atoms with Crippen molar-refractivity contribution in [3.63, 3.8) is 0 Å². The minimum atomic E-state index is 0.192. The Balaban J connectivity index is 2.22. The van der Waals surface area contributed by atoms with Gasteiger partial charge in [0, 0.05) is 12.0 Å². The summed E-state index contributed by atoms with van der Waals surface area (Å²) >= 11 is 0. The maximum Gasteiger partial charge on any atom is 0.119 e. The van der Waals surface area contributed by atoms with E-state index in [4.69, 9.17) is 10.5 Å². The summed E-state index contributed by atoms with van der Waals surface area (Å²) in [5, 5.41) is 0. The molecule has 2 heteroatoms. The molecule has 2 N–H and O–H groups in total. The standard InChI is InChI=1S/C14H21NO/c1-4-16-12-7-5-11(6-8-12)14(10-15)9-13(14,2)3/h5-8H,4,9-10,15H2,1-3H3. The van der Waals surface area contributed by atoms with Gasteiger partial charge in [-0.25, -0.2) is 0 Å². The second kappa shape index (κ2) is 3.77. The third-order valence-electron chi connectivity index (χ3n) is 3.98. The van der Waals surface area contributed by atoms with Crippen LogP contribution in [0.5, 0.6) is 5.75 Å². The van der Waals surface area contributed by atoms with Crippen molar-refractivity contribution in [1.82, 2.24) is 0 Å². The highest BCUT2D eigenvalue weighted by Crippen LogP contribution is 2.63. The van der Waals surface area contributed by atoms with Crippen LogP contribution >= 0.6 is 0 Å². The second-order valence-electron chi connectivity index (χ2n) is 5.30. The fourth-order valence-electron chi connectivity index (χ4n) is 2.71. The summed E-state index contributed by atoms with van der Waals surface area (Å²) in [5.74, 6) is 0.942. The van der Waals surface area contributed by atoms with Crippen LogP contribution in [0.1, 0.15) is 32.8 Å². The molecule has 0 amide bonds. The lowest BCUT2D eigenvalue weighted by Gasteiger charge is -2.19. The first kappa shape index (κ1) is 11.5. The van der Waals surface area contributed by atoms with Gasteiger partial charge in [-0.15, -0.1) is 0 Å². The fraction of sp³-hybridized carbons (Fsp3) is 0.571. The molecule has 1 saturated carbocycles. The normalized spacial score (nSPS) is 26.5. The highest BCUT2D eigenvalue weighted by molar-refractivity contribution is 5.40. The Morgan fingerprint density at radius 1 is 1.25 bits per heavy atom. The van der Waals surface area contributed by atoms with Crippen LogP contribution in [0.25, 0.3) is 0 Å². The maximum absolute atomic E-state index is 5.94. The van der Waals surface area contributed by atoms with E-state index in [-0.39, 0.29) is 5.41 Å². The van der Waals surface area contributed by atoms with Crippen LogP contribution in [0.4, 0.5) is 0 Å². The van der Waals surface area contributed by atoms with E-state index in [2.05, 4.69) is 26.0 Å². The average molecular weight is 219 g/mol. The Hall–Kier alpha value is -1.02. The van der Waals surface area contributed by atoms with Gasteiger partial charge in [0.05, 0.1) is 6.61 Å². The van der Waals surface area contributed by atoms with Gasteiger partial charge in [0.1, 0.15) is 5.75 Å². The summed E-state index contributed by atoms with van der Waals surface area (Å²) in [6.07, 6.45) is 1.19. The molecule has 1 aliphatic rings. The van der Waals surface area contributed by atoms with Crippen LogP contribution in [0, 0.1) is 5.41 Å². The van der Waals surface area contributed by atoms with Crippen molar-refractivity contribution in [1.29, 1.82) is 0 Å². The summed E-state index contributed by atoms with van der Waals surface area (Å²) in [4.78, 5) is 0. The van der Waals surface area contributed by atoms with E-state index >= 15 is 0 Å². The molecule has 16 heavy (non-hydrogen) atoms. The zero-order valence-corrected chi connectivity index (χ0v) is 10.4. The summed E-state index contributed by atoms with van der Waals surface area (Å²) in [7, 11) is 0. The monoisotopic (exact) mass is 219 g/mol. The van der Waals surface area contributed by atoms with Gasteiger partial charge < -0.3 is 10.5 Å². The van der Waals surface area contributed by atoms with Gasteiger partial charge >= 0.3 is 0 Å². The summed E-state index contributed by atoms with van der Waals surface area (Å²) in [6, 6.07) is 8.41. The zero-order valence-electron chi connectivity index (χ0n) is 10.4. The molecule has 0 aliphatic heterocycles. The van der Waals surface area contributed by atoms with E-state index in [0.29, 0.717) is 12.0 Å². The van der Waals surface area contributed by atoms with Gasteiger partial charge in [0.25, 0.3) is 0 Å². The molecular formula is C14H21NO. The molecule has 1 aromatic carbocycles. The van der Waals surface area contributed by atoms with E-state index in [9.17, 15) is 0 Å². The molecule has 1 atom stereocenters. The Labute approximate surface area is 97.8 Å². The molecule has 0 saturated heterocycles. The molecule has 1 aliphatic carbocycles. The first-order valence-corrected chi connectivity index (χ1v) is 5.99. The van der Waals surface area contributed by atoms with Crippen molar-refractivity contribution >= 4 is 0 Å². The van der Waals surface area contributed by atoms with Crippen molar-refractivity contribution in [2.75, 3.05) is 13.2 Å². The topological polar surface area (TPSA) is 35.2 Å². The van der Waals surface area contributed by atoms with Gasteiger partial charge in [-0.05, 0) is 36.5 Å². The van der Waals surface area contributed by atoms with Crippen molar-refractivity contribution in [3.05, 3.63) is 29.8 Å². The van der Waals surface area contributed by atoms with Crippen LogP contribution in [-0.4, -0.2) is 13.2 Å². The SMILES string of the molecule is CCOc1ccc(C2(CN)CC2(C)C)cc1. The Bertz CT molecular complexity index is 369. The Morgan fingerprint density at radius 3 is 2.19 bits per heavy atom. The van der Waals surface area contributed by atoms with E-state index in [1.807, 2.05) is 19.1 Å². The molecule has 2 rings (SSSR count). The highest BCUT2D eigenvalue weighted by Gasteiger charge is 2.60. The van der Waals surface area contributed by atoms with Crippen LogP contribution in [0.3, 0.4) is 0 Å². The summed E-state index contributed by atoms with van der Waals surface area (Å²) < 4.78 is 5.45. The minimum Gasteiger partial charge on any atom is -0.494 e. The molecule has 1 fully saturated rings. The lowest BCUT2D eigenvalue weighted by molar-refractivity contribution is 0.340. The Morgan fingerprint density at radius 2 is 1.81 bits per heavy atom. The van der Waals surface area contributed by atoms with Crippen LogP contribution in [0.15, 0.2) is 24.3 Å². The Kier molecular flexibility index (Phi) is 2.70. The number of ether oxygens (including phenoxy) is 1. The van der Waals surface area contributed by atoms with Crippen molar-refractivity contribution in [2.45, 2.75) is 32.6 Å². The van der Waals surface area contributed by atoms with Crippen molar-refractivity contribution < 1.29 is 4.74 Å². The van der Waals surface area contributed by atoms with E-state index in [0.717, 1.165) is 12.3 Å². The molecule has 1 aromatic rings. The fourth-order valence-corrected chi connectivity index (χ4v) is 2.71. The second-order valence-corrected chi connectivity index (χ2v) is 5.30. The number of nitrogens with two attached hydrogens (primary N) is 1. The number of hydrogen-bond acceptors (Lipinski definition) is 2. The predicted octanol–water partition coefficient (Wildman–Crippen LogP) is 2.71. The number of benzene rings is 1. The van der Waals surface area contributed by atoms with Crippen molar-refractivity contribution in [2.24, 2.45) is 11.1 Å². The lowest BCUT2D eigenvalue weighted by Crippen LogP contribution is -2.25. The lowest BCUT2D eigenvalue weighted by atomic mass is 9.88. The molecular weight excluding hydrogens is 198 g/mol. The molecule has 2 nitrogen and oxygen atoms in total. The molecule has 88 valence electrons. The molecule has 0 heterocycles. The first-order chi connectivity index (χ1) is 7.55. The molecule has 0 spiro atoms. The molecule has 0 radical (unpaired) electrons. The largest absolute Gasteiger partial charge is 0.494 e. The molecule has 1 unspecified atom stereocenters. The van der Waals surface area contributed by atoms with E-state index < -0.39 is 0 Å². The predicted molar refractivity (Wildman–Crippen MR) is 66.7 cm³/mol. The smallest absolute Gasteiger partial charge is 0.119 e. The van der Waals surface area contributed by atoms with Gasteiger partial charge in [-0.3, -0.25) is 0 Å².